The molecule has 3 rings (SSSR count). The average molecular weight is 322 g/mol. The van der Waals surface area contributed by atoms with E-state index >= 15 is 0 Å². The fraction of sp³-hybridized carbons (Fsp3) is 0.765. The zero-order chi connectivity index (χ0) is 16.6. The maximum Gasteiger partial charge on any atom is 0.410 e. The summed E-state index contributed by atoms with van der Waals surface area (Å²) in [6.07, 6.45) is 3.79. The van der Waals surface area contributed by atoms with E-state index in [4.69, 9.17) is 14.0 Å². The highest BCUT2D eigenvalue weighted by atomic mass is 16.6. The highest BCUT2D eigenvalue weighted by Crippen LogP contribution is 2.38. The number of fused-ring (bicyclic) bond motifs is 2. The number of nitrogens with zero attached hydrogens (tertiary/aromatic N) is 2. The Hall–Kier alpha value is -1.56. The Kier molecular flexibility index (Phi) is 4.36. The monoisotopic (exact) mass is 322 g/mol. The lowest BCUT2D eigenvalue weighted by Crippen LogP contribution is -2.50. The van der Waals surface area contributed by atoms with Crippen molar-refractivity contribution in [1.29, 1.82) is 0 Å². The Morgan fingerprint density at radius 2 is 2.00 bits per heavy atom. The maximum atomic E-state index is 12.4. The SMILES string of the molecule is Cc1cc(CO[C@H]2C[C@H]3CC[C@@H](C2)N3C(=O)OC(C)(C)C)no1. The Labute approximate surface area is 137 Å². The van der Waals surface area contributed by atoms with Crippen LogP contribution in [0.3, 0.4) is 0 Å². The van der Waals surface area contributed by atoms with E-state index in [1.54, 1.807) is 0 Å². The lowest BCUT2D eigenvalue weighted by Gasteiger charge is -2.39. The van der Waals surface area contributed by atoms with Gasteiger partial charge in [-0.05, 0) is 53.4 Å². The van der Waals surface area contributed by atoms with Gasteiger partial charge < -0.3 is 18.9 Å². The zero-order valence-electron chi connectivity index (χ0n) is 14.4. The molecule has 0 saturated carbocycles. The molecule has 0 N–H and O–H groups in total. The molecule has 23 heavy (non-hydrogen) atoms. The molecular formula is C17H26N2O4. The van der Waals surface area contributed by atoms with E-state index in [0.29, 0.717) is 6.61 Å². The van der Waals surface area contributed by atoms with Gasteiger partial charge in [-0.3, -0.25) is 0 Å². The van der Waals surface area contributed by atoms with Gasteiger partial charge in [0.05, 0.1) is 12.7 Å². The first kappa shape index (κ1) is 16.3. The molecule has 1 amide bonds. The van der Waals surface area contributed by atoms with Crippen LogP contribution < -0.4 is 0 Å². The van der Waals surface area contributed by atoms with Gasteiger partial charge in [-0.25, -0.2) is 4.79 Å². The van der Waals surface area contributed by atoms with Gasteiger partial charge in [-0.1, -0.05) is 5.16 Å². The van der Waals surface area contributed by atoms with Gasteiger partial charge in [-0.15, -0.1) is 0 Å². The molecule has 3 atom stereocenters. The van der Waals surface area contributed by atoms with Crippen LogP contribution >= 0.6 is 0 Å². The number of aromatic nitrogens is 1. The van der Waals surface area contributed by atoms with Gasteiger partial charge in [0.2, 0.25) is 0 Å². The van der Waals surface area contributed by atoms with Crippen molar-refractivity contribution in [3.05, 3.63) is 17.5 Å². The quantitative estimate of drug-likeness (QED) is 0.853. The third kappa shape index (κ3) is 3.86. The highest BCUT2D eigenvalue weighted by molar-refractivity contribution is 5.69. The number of amides is 1. The summed E-state index contributed by atoms with van der Waals surface area (Å²) in [6, 6.07) is 2.35. The van der Waals surface area contributed by atoms with Crippen LogP contribution in [0.1, 0.15) is 57.9 Å². The van der Waals surface area contributed by atoms with E-state index in [2.05, 4.69) is 5.16 Å². The van der Waals surface area contributed by atoms with Crippen molar-refractivity contribution in [3.63, 3.8) is 0 Å². The summed E-state index contributed by atoms with van der Waals surface area (Å²) in [4.78, 5) is 14.3. The van der Waals surface area contributed by atoms with Crippen molar-refractivity contribution in [3.8, 4) is 0 Å². The van der Waals surface area contributed by atoms with Crippen LogP contribution in [-0.2, 0) is 16.1 Å². The molecule has 2 bridgehead atoms. The number of ether oxygens (including phenoxy) is 2. The van der Waals surface area contributed by atoms with Crippen molar-refractivity contribution in [2.45, 2.75) is 83.8 Å². The van der Waals surface area contributed by atoms with Crippen molar-refractivity contribution in [2.75, 3.05) is 0 Å². The van der Waals surface area contributed by atoms with Crippen LogP contribution in [0, 0.1) is 6.92 Å². The molecule has 6 heteroatoms. The normalized spacial score (nSPS) is 27.3. The Bertz CT molecular complexity index is 549. The highest BCUT2D eigenvalue weighted by Gasteiger charge is 2.45. The van der Waals surface area contributed by atoms with Gasteiger partial charge in [0.15, 0.2) is 0 Å². The van der Waals surface area contributed by atoms with Gasteiger partial charge in [-0.2, -0.15) is 0 Å². The van der Waals surface area contributed by atoms with Crippen LogP contribution in [0.4, 0.5) is 4.79 Å². The predicted octanol–water partition coefficient (Wildman–Crippen LogP) is 3.43. The number of hydrogen-bond acceptors (Lipinski definition) is 5. The minimum atomic E-state index is -0.450. The van der Waals surface area contributed by atoms with E-state index in [1.165, 1.54) is 0 Å². The molecule has 1 aromatic heterocycles. The van der Waals surface area contributed by atoms with Crippen LogP contribution in [0.2, 0.25) is 0 Å². The lowest BCUT2D eigenvalue weighted by molar-refractivity contribution is -0.0407. The van der Waals surface area contributed by atoms with Gasteiger partial charge in [0.1, 0.15) is 17.1 Å². The van der Waals surface area contributed by atoms with Crippen molar-refractivity contribution >= 4 is 6.09 Å². The number of carbonyl (C=O) groups is 1. The van der Waals surface area contributed by atoms with Gasteiger partial charge >= 0.3 is 6.09 Å². The zero-order valence-corrected chi connectivity index (χ0v) is 14.4. The standard InChI is InChI=1S/C17H26N2O4/c1-11-7-12(18-23-11)10-21-15-8-13-5-6-14(9-15)19(13)16(20)22-17(2,3)4/h7,13-15H,5-6,8-10H2,1-4H3/t13-,14+,15+. The molecule has 2 aliphatic heterocycles. The van der Waals surface area contributed by atoms with Crippen molar-refractivity contribution < 1.29 is 18.8 Å². The minimum Gasteiger partial charge on any atom is -0.444 e. The molecule has 2 fully saturated rings. The smallest absolute Gasteiger partial charge is 0.410 e. The van der Waals surface area contributed by atoms with E-state index in [0.717, 1.165) is 37.1 Å². The fourth-order valence-corrected chi connectivity index (χ4v) is 3.57. The largest absolute Gasteiger partial charge is 0.444 e. The number of aryl methyl sites for hydroxylation is 1. The lowest BCUT2D eigenvalue weighted by atomic mass is 10.0. The molecule has 2 aliphatic rings. The Balaban J connectivity index is 1.55. The van der Waals surface area contributed by atoms with Crippen LogP contribution in [0.25, 0.3) is 0 Å². The predicted molar refractivity (Wildman–Crippen MR) is 83.9 cm³/mol. The maximum absolute atomic E-state index is 12.4. The molecule has 3 heterocycles. The first-order valence-electron chi connectivity index (χ1n) is 8.37. The third-order valence-corrected chi connectivity index (χ3v) is 4.44. The molecule has 0 unspecified atom stereocenters. The summed E-state index contributed by atoms with van der Waals surface area (Å²) >= 11 is 0. The molecule has 2 saturated heterocycles. The molecule has 0 radical (unpaired) electrons. The van der Waals surface area contributed by atoms with Crippen molar-refractivity contribution in [2.24, 2.45) is 0 Å². The van der Waals surface area contributed by atoms with E-state index in [9.17, 15) is 4.79 Å². The number of rotatable bonds is 3. The number of piperidine rings is 1. The molecular weight excluding hydrogens is 296 g/mol. The van der Waals surface area contributed by atoms with Crippen LogP contribution in [0.5, 0.6) is 0 Å². The molecule has 128 valence electrons. The van der Waals surface area contributed by atoms with E-state index < -0.39 is 5.60 Å². The first-order valence-corrected chi connectivity index (χ1v) is 8.37. The van der Waals surface area contributed by atoms with Crippen LogP contribution in [-0.4, -0.2) is 39.9 Å². The molecule has 0 aromatic carbocycles. The third-order valence-electron chi connectivity index (χ3n) is 4.44. The summed E-state index contributed by atoms with van der Waals surface area (Å²) in [7, 11) is 0. The van der Waals surface area contributed by atoms with Gasteiger partial charge in [0, 0.05) is 18.2 Å². The second-order valence-electron chi connectivity index (χ2n) is 7.61. The molecule has 1 aromatic rings. The first-order chi connectivity index (χ1) is 10.8. The molecule has 0 spiro atoms. The summed E-state index contributed by atoms with van der Waals surface area (Å²) < 4.78 is 16.6. The minimum absolute atomic E-state index is 0.170. The second-order valence-corrected chi connectivity index (χ2v) is 7.61. The van der Waals surface area contributed by atoms with E-state index in [-0.39, 0.29) is 24.3 Å². The Morgan fingerprint density at radius 3 is 2.52 bits per heavy atom. The summed E-state index contributed by atoms with van der Waals surface area (Å²) in [5.74, 6) is 0.795. The van der Waals surface area contributed by atoms with Crippen LogP contribution in [0.15, 0.2) is 10.6 Å². The summed E-state index contributed by atoms with van der Waals surface area (Å²) in [5.41, 5.74) is 0.374. The Morgan fingerprint density at radius 1 is 1.35 bits per heavy atom. The number of hydrogen-bond donors (Lipinski definition) is 0. The van der Waals surface area contributed by atoms with Gasteiger partial charge in [0.25, 0.3) is 0 Å². The van der Waals surface area contributed by atoms with E-state index in [1.807, 2.05) is 38.7 Å². The second kappa shape index (κ2) is 6.15. The molecule has 0 aliphatic carbocycles. The average Bonchev–Trinajstić information content (AvgIpc) is 2.96. The van der Waals surface area contributed by atoms with Crippen molar-refractivity contribution in [1.82, 2.24) is 10.1 Å². The summed E-state index contributed by atoms with van der Waals surface area (Å²) in [5, 5.41) is 3.95. The number of carbonyl (C=O) groups excluding carboxylic acids is 1. The topological polar surface area (TPSA) is 64.8 Å². The molecule has 6 nitrogen and oxygen atoms in total. The fourth-order valence-electron chi connectivity index (χ4n) is 3.57. The summed E-state index contributed by atoms with van der Waals surface area (Å²) in [6.45, 7) is 8.05.